The van der Waals surface area contributed by atoms with E-state index in [-0.39, 0.29) is 0 Å². The molecule has 0 saturated carbocycles. The molecule has 0 spiro atoms. The zero-order valence-electron chi connectivity index (χ0n) is 9.49. The Hall–Kier alpha value is -1.70. The summed E-state index contributed by atoms with van der Waals surface area (Å²) in [6.07, 6.45) is 5.53. The molecule has 0 aliphatic heterocycles. The Bertz CT molecular complexity index is 414. The van der Waals surface area contributed by atoms with Gasteiger partial charge in [0.25, 0.3) is 0 Å². The van der Waals surface area contributed by atoms with E-state index < -0.39 is 0 Å². The van der Waals surface area contributed by atoms with Crippen LogP contribution in [0.4, 0.5) is 0 Å². The molecule has 1 rings (SSSR count). The second-order valence-electron chi connectivity index (χ2n) is 3.40. The molecule has 0 aromatic carbocycles. The first-order valence-electron chi connectivity index (χ1n) is 4.92. The van der Waals surface area contributed by atoms with Crippen molar-refractivity contribution in [1.82, 2.24) is 4.98 Å². The summed E-state index contributed by atoms with van der Waals surface area (Å²) >= 11 is 0. The lowest BCUT2D eigenvalue weighted by Crippen LogP contribution is -1.87. The number of aryl methyl sites for hydroxylation is 1. The van der Waals surface area contributed by atoms with Gasteiger partial charge < -0.3 is 0 Å². The van der Waals surface area contributed by atoms with E-state index in [0.717, 1.165) is 22.5 Å². The molecule has 2 heteroatoms. The zero-order valence-corrected chi connectivity index (χ0v) is 9.49. The molecule has 2 nitrogen and oxygen atoms in total. The van der Waals surface area contributed by atoms with E-state index in [2.05, 4.69) is 16.6 Å². The molecule has 0 atom stereocenters. The lowest BCUT2D eigenvalue weighted by atomic mass is 10.1. The van der Waals surface area contributed by atoms with E-state index in [4.69, 9.17) is 0 Å². The van der Waals surface area contributed by atoms with Gasteiger partial charge in [-0.05, 0) is 44.0 Å². The van der Waals surface area contributed by atoms with Crippen molar-refractivity contribution in [3.8, 4) is 0 Å². The number of rotatable bonds is 3. The van der Waals surface area contributed by atoms with Crippen LogP contribution in [0.25, 0.3) is 5.57 Å². The van der Waals surface area contributed by atoms with Gasteiger partial charge in [0.2, 0.25) is 0 Å². The molecule has 1 aromatic heterocycles. The van der Waals surface area contributed by atoms with E-state index >= 15 is 0 Å². The van der Waals surface area contributed by atoms with Crippen molar-refractivity contribution in [2.75, 3.05) is 0 Å². The fraction of sp³-hybridized carbons (Fsp3) is 0.231. The summed E-state index contributed by atoms with van der Waals surface area (Å²) in [6, 6.07) is 3.94. The number of hydrogen-bond acceptors (Lipinski definition) is 2. The van der Waals surface area contributed by atoms with Gasteiger partial charge in [-0.3, -0.25) is 9.98 Å². The average Bonchev–Trinajstić information content (AvgIpc) is 2.25. The first-order valence-corrected chi connectivity index (χ1v) is 4.92. The number of nitrogens with zero attached hydrogens (tertiary/aromatic N) is 2. The predicted molar refractivity (Wildman–Crippen MR) is 65.9 cm³/mol. The highest BCUT2D eigenvalue weighted by atomic mass is 14.7. The molecule has 0 aliphatic carbocycles. The van der Waals surface area contributed by atoms with Crippen molar-refractivity contribution in [2.24, 2.45) is 4.99 Å². The first-order chi connectivity index (χ1) is 7.13. The van der Waals surface area contributed by atoms with Gasteiger partial charge >= 0.3 is 0 Å². The Morgan fingerprint density at radius 3 is 2.87 bits per heavy atom. The van der Waals surface area contributed by atoms with Gasteiger partial charge in [-0.25, -0.2) is 0 Å². The molecular weight excluding hydrogens is 184 g/mol. The van der Waals surface area contributed by atoms with Gasteiger partial charge in [-0.2, -0.15) is 0 Å². The summed E-state index contributed by atoms with van der Waals surface area (Å²) in [5.74, 6) is 0. The quantitative estimate of drug-likeness (QED) is 0.686. The molecule has 0 saturated heterocycles. The third-order valence-corrected chi connectivity index (χ3v) is 2.11. The van der Waals surface area contributed by atoms with Crippen LogP contribution in [0.3, 0.4) is 0 Å². The van der Waals surface area contributed by atoms with Gasteiger partial charge in [-0.1, -0.05) is 12.7 Å². The summed E-state index contributed by atoms with van der Waals surface area (Å²) in [5, 5.41) is 0. The van der Waals surface area contributed by atoms with Crippen LogP contribution in [0.5, 0.6) is 0 Å². The predicted octanol–water partition coefficient (Wildman–Crippen LogP) is 3.40. The minimum Gasteiger partial charge on any atom is -0.262 e. The van der Waals surface area contributed by atoms with E-state index in [1.54, 1.807) is 12.4 Å². The number of pyridine rings is 1. The third-order valence-electron chi connectivity index (χ3n) is 2.11. The van der Waals surface area contributed by atoms with Crippen LogP contribution in [0.1, 0.15) is 25.1 Å². The minimum absolute atomic E-state index is 0.904. The molecular formula is C13H16N2. The summed E-state index contributed by atoms with van der Waals surface area (Å²) in [7, 11) is 0. The molecule has 0 bridgehead atoms. The highest BCUT2D eigenvalue weighted by Gasteiger charge is 1.96. The molecule has 0 N–H and O–H groups in total. The maximum absolute atomic E-state index is 4.26. The molecule has 0 radical (unpaired) electrons. The monoisotopic (exact) mass is 200 g/mol. The lowest BCUT2D eigenvalue weighted by Gasteiger charge is -2.00. The molecule has 0 amide bonds. The van der Waals surface area contributed by atoms with Gasteiger partial charge in [0.1, 0.15) is 0 Å². The van der Waals surface area contributed by atoms with E-state index in [9.17, 15) is 0 Å². The van der Waals surface area contributed by atoms with Crippen LogP contribution in [-0.4, -0.2) is 11.2 Å². The summed E-state index contributed by atoms with van der Waals surface area (Å²) in [5.41, 5.74) is 3.95. The van der Waals surface area contributed by atoms with Gasteiger partial charge in [0.15, 0.2) is 0 Å². The average molecular weight is 200 g/mol. The Morgan fingerprint density at radius 2 is 2.27 bits per heavy atom. The summed E-state index contributed by atoms with van der Waals surface area (Å²) < 4.78 is 0. The summed E-state index contributed by atoms with van der Waals surface area (Å²) in [4.78, 5) is 8.40. The zero-order chi connectivity index (χ0) is 11.3. The largest absolute Gasteiger partial charge is 0.262 e. The van der Waals surface area contributed by atoms with Crippen molar-refractivity contribution in [3.05, 3.63) is 47.9 Å². The summed E-state index contributed by atoms with van der Waals surface area (Å²) in [6.45, 7) is 9.86. The van der Waals surface area contributed by atoms with Crippen molar-refractivity contribution in [2.45, 2.75) is 20.8 Å². The van der Waals surface area contributed by atoms with Crippen LogP contribution in [0.15, 0.2) is 41.7 Å². The SMILES string of the molecule is C=C(C=N/C(C)=C\C)c1ccnc(C)c1. The normalized spacial score (nSPS) is 12.1. The molecule has 15 heavy (non-hydrogen) atoms. The molecule has 0 unspecified atom stereocenters. The van der Waals surface area contributed by atoms with E-state index in [0.29, 0.717) is 0 Å². The highest BCUT2D eigenvalue weighted by molar-refractivity contribution is 6.09. The van der Waals surface area contributed by atoms with Crippen LogP contribution >= 0.6 is 0 Å². The maximum atomic E-state index is 4.26. The van der Waals surface area contributed by atoms with Gasteiger partial charge in [0.05, 0.1) is 0 Å². The fourth-order valence-electron chi connectivity index (χ4n) is 1.07. The number of aliphatic imine (C=N–C) groups is 1. The smallest absolute Gasteiger partial charge is 0.0378 e. The fourth-order valence-corrected chi connectivity index (χ4v) is 1.07. The standard InChI is InChI=1S/C13H16N2/c1-5-11(3)15-9-10(2)13-6-7-14-12(4)8-13/h5-9H,2H2,1,3-4H3/b11-5-,15-9?. The molecule has 78 valence electrons. The molecule has 0 fully saturated rings. The van der Waals surface area contributed by atoms with Crippen LogP contribution in [0, 0.1) is 6.92 Å². The van der Waals surface area contributed by atoms with Crippen LogP contribution in [0.2, 0.25) is 0 Å². The molecule has 0 aliphatic rings. The van der Waals surface area contributed by atoms with Gasteiger partial charge in [0, 0.05) is 23.8 Å². The second kappa shape index (κ2) is 5.25. The van der Waals surface area contributed by atoms with E-state index in [1.165, 1.54) is 0 Å². The Balaban J connectivity index is 2.82. The topological polar surface area (TPSA) is 25.2 Å². The molecule has 1 heterocycles. The Kier molecular flexibility index (Phi) is 3.98. The lowest BCUT2D eigenvalue weighted by molar-refractivity contribution is 1.19. The van der Waals surface area contributed by atoms with Crippen molar-refractivity contribution in [3.63, 3.8) is 0 Å². The van der Waals surface area contributed by atoms with Crippen molar-refractivity contribution >= 4 is 11.8 Å². The Labute approximate surface area is 91.1 Å². The maximum Gasteiger partial charge on any atom is 0.0378 e. The number of aromatic nitrogens is 1. The highest BCUT2D eigenvalue weighted by Crippen LogP contribution is 2.10. The third kappa shape index (κ3) is 3.50. The minimum atomic E-state index is 0.904. The van der Waals surface area contributed by atoms with Crippen LogP contribution < -0.4 is 0 Å². The second-order valence-corrected chi connectivity index (χ2v) is 3.40. The van der Waals surface area contributed by atoms with Gasteiger partial charge in [-0.15, -0.1) is 0 Å². The first kappa shape index (κ1) is 11.4. The van der Waals surface area contributed by atoms with Crippen LogP contribution in [-0.2, 0) is 0 Å². The molecule has 1 aromatic rings. The Morgan fingerprint density at radius 1 is 1.53 bits per heavy atom. The van der Waals surface area contributed by atoms with Crippen molar-refractivity contribution in [1.29, 1.82) is 0 Å². The number of hydrogen-bond donors (Lipinski definition) is 0. The van der Waals surface area contributed by atoms with Crippen molar-refractivity contribution < 1.29 is 0 Å². The number of allylic oxidation sites excluding steroid dienone is 3. The van der Waals surface area contributed by atoms with E-state index in [1.807, 2.05) is 39.0 Å².